The number of methoxy groups -OCH3 is 1. The van der Waals surface area contributed by atoms with Gasteiger partial charge in [-0.2, -0.15) is 5.10 Å². The van der Waals surface area contributed by atoms with Crippen molar-refractivity contribution in [3.05, 3.63) is 72.6 Å². The van der Waals surface area contributed by atoms with Crippen LogP contribution < -0.4 is 9.47 Å². The van der Waals surface area contributed by atoms with Crippen LogP contribution in [0.15, 0.2) is 67.0 Å². The Bertz CT molecular complexity index is 877. The second kappa shape index (κ2) is 8.89. The molecule has 0 aliphatic carbocycles. The molecule has 140 valence electrons. The van der Waals surface area contributed by atoms with Gasteiger partial charge in [0.2, 0.25) is 5.91 Å². The van der Waals surface area contributed by atoms with Crippen molar-refractivity contribution in [2.75, 3.05) is 20.8 Å². The van der Waals surface area contributed by atoms with Gasteiger partial charge in [-0.1, -0.05) is 30.3 Å². The summed E-state index contributed by atoms with van der Waals surface area (Å²) >= 11 is 0. The third-order valence-corrected chi connectivity index (χ3v) is 4.14. The molecule has 3 rings (SSSR count). The second-order valence-corrected chi connectivity index (χ2v) is 6.13. The summed E-state index contributed by atoms with van der Waals surface area (Å²) in [5, 5.41) is 4.36. The third-order valence-electron chi connectivity index (χ3n) is 4.14. The van der Waals surface area contributed by atoms with Gasteiger partial charge >= 0.3 is 0 Å². The van der Waals surface area contributed by atoms with Gasteiger partial charge in [0.1, 0.15) is 0 Å². The van der Waals surface area contributed by atoms with E-state index in [2.05, 4.69) is 5.10 Å². The van der Waals surface area contributed by atoms with Crippen molar-refractivity contribution in [3.63, 3.8) is 0 Å². The Balaban J connectivity index is 1.50. The minimum Gasteiger partial charge on any atom is -0.493 e. The molecule has 0 bridgehead atoms. The molecule has 6 heteroatoms. The molecule has 0 aliphatic heterocycles. The Morgan fingerprint density at radius 2 is 1.78 bits per heavy atom. The zero-order valence-electron chi connectivity index (χ0n) is 15.5. The van der Waals surface area contributed by atoms with Gasteiger partial charge in [0.05, 0.1) is 32.0 Å². The summed E-state index contributed by atoms with van der Waals surface area (Å²) in [7, 11) is 3.38. The van der Waals surface area contributed by atoms with Gasteiger partial charge in [-0.05, 0) is 24.3 Å². The lowest BCUT2D eigenvalue weighted by atomic mass is 10.3. The summed E-state index contributed by atoms with van der Waals surface area (Å²) in [6, 6.07) is 17.3. The molecule has 0 spiro atoms. The van der Waals surface area contributed by atoms with E-state index in [0.29, 0.717) is 31.1 Å². The molecule has 27 heavy (non-hydrogen) atoms. The molecule has 0 fully saturated rings. The predicted octanol–water partition coefficient (Wildman–Crippen LogP) is 3.31. The number of aromatic nitrogens is 2. The number of carbonyl (C=O) groups excluding carboxylic acids is 1. The minimum absolute atomic E-state index is 0.0114. The number of nitrogens with zero attached hydrogens (tertiary/aromatic N) is 3. The molecule has 0 N–H and O–H groups in total. The molecule has 0 unspecified atom stereocenters. The smallest absolute Gasteiger partial charge is 0.226 e. The standard InChI is InChI=1S/C21H23N3O3/c1-23(15-17-14-22-24(16-17)18-8-4-3-5-9-18)21(25)12-13-27-20-11-7-6-10-19(20)26-2/h3-11,14,16H,12-13,15H2,1-2H3. The molecular weight excluding hydrogens is 342 g/mol. The summed E-state index contributed by atoms with van der Waals surface area (Å²) < 4.78 is 12.7. The first-order valence-electron chi connectivity index (χ1n) is 8.76. The highest BCUT2D eigenvalue weighted by molar-refractivity contribution is 5.76. The zero-order chi connectivity index (χ0) is 19.1. The fraction of sp³-hybridized carbons (Fsp3) is 0.238. The molecule has 0 aliphatic rings. The molecule has 0 saturated heterocycles. The minimum atomic E-state index is 0.0114. The quantitative estimate of drug-likeness (QED) is 0.615. The fourth-order valence-electron chi connectivity index (χ4n) is 2.70. The van der Waals surface area contributed by atoms with Gasteiger partial charge in [0, 0.05) is 25.4 Å². The van der Waals surface area contributed by atoms with Crippen molar-refractivity contribution < 1.29 is 14.3 Å². The van der Waals surface area contributed by atoms with Crippen LogP contribution in [0.3, 0.4) is 0 Å². The summed E-state index contributed by atoms with van der Waals surface area (Å²) in [5.74, 6) is 1.31. The van der Waals surface area contributed by atoms with E-state index < -0.39 is 0 Å². The number of hydrogen-bond donors (Lipinski definition) is 0. The van der Waals surface area contributed by atoms with E-state index in [0.717, 1.165) is 11.3 Å². The molecular formula is C21H23N3O3. The molecule has 1 aromatic heterocycles. The largest absolute Gasteiger partial charge is 0.493 e. The van der Waals surface area contributed by atoms with Crippen molar-refractivity contribution in [1.29, 1.82) is 0 Å². The zero-order valence-corrected chi connectivity index (χ0v) is 15.5. The van der Waals surface area contributed by atoms with Crippen molar-refractivity contribution >= 4 is 5.91 Å². The monoisotopic (exact) mass is 365 g/mol. The Morgan fingerprint density at radius 1 is 1.07 bits per heavy atom. The lowest BCUT2D eigenvalue weighted by Crippen LogP contribution is -2.27. The number of benzene rings is 2. The van der Waals surface area contributed by atoms with Crippen LogP contribution in [0, 0.1) is 0 Å². The maximum atomic E-state index is 12.4. The van der Waals surface area contributed by atoms with Crippen LogP contribution in [-0.2, 0) is 11.3 Å². The van der Waals surface area contributed by atoms with Crippen molar-refractivity contribution in [3.8, 4) is 17.2 Å². The fourth-order valence-corrected chi connectivity index (χ4v) is 2.70. The molecule has 6 nitrogen and oxygen atoms in total. The molecule has 1 heterocycles. The molecule has 0 radical (unpaired) electrons. The third kappa shape index (κ3) is 4.88. The first kappa shape index (κ1) is 18.5. The highest BCUT2D eigenvalue weighted by atomic mass is 16.5. The summed E-state index contributed by atoms with van der Waals surface area (Å²) in [5.41, 5.74) is 1.96. The van der Waals surface area contributed by atoms with E-state index in [1.165, 1.54) is 0 Å². The number of para-hydroxylation sites is 3. The van der Waals surface area contributed by atoms with Gasteiger partial charge < -0.3 is 14.4 Å². The SMILES string of the molecule is COc1ccccc1OCCC(=O)N(C)Cc1cnn(-c2ccccc2)c1. The van der Waals surface area contributed by atoms with Crippen LogP contribution in [0.1, 0.15) is 12.0 Å². The van der Waals surface area contributed by atoms with E-state index in [4.69, 9.17) is 9.47 Å². The van der Waals surface area contributed by atoms with Crippen LogP contribution in [0.2, 0.25) is 0 Å². The molecule has 0 atom stereocenters. The molecule has 3 aromatic rings. The normalized spacial score (nSPS) is 10.4. The summed E-state index contributed by atoms with van der Waals surface area (Å²) in [6.45, 7) is 0.799. The highest BCUT2D eigenvalue weighted by Gasteiger charge is 2.12. The lowest BCUT2D eigenvalue weighted by Gasteiger charge is -2.17. The van der Waals surface area contributed by atoms with Crippen LogP contribution in [0.4, 0.5) is 0 Å². The Morgan fingerprint density at radius 3 is 2.52 bits per heavy atom. The second-order valence-electron chi connectivity index (χ2n) is 6.13. The molecule has 0 saturated carbocycles. The lowest BCUT2D eigenvalue weighted by molar-refractivity contribution is -0.130. The van der Waals surface area contributed by atoms with Gasteiger partial charge in [-0.15, -0.1) is 0 Å². The Hall–Kier alpha value is -3.28. The van der Waals surface area contributed by atoms with E-state index in [1.54, 1.807) is 29.9 Å². The highest BCUT2D eigenvalue weighted by Crippen LogP contribution is 2.25. The van der Waals surface area contributed by atoms with Crippen LogP contribution in [0.5, 0.6) is 11.5 Å². The average molecular weight is 365 g/mol. The van der Waals surface area contributed by atoms with Crippen LogP contribution in [0.25, 0.3) is 5.69 Å². The van der Waals surface area contributed by atoms with Crippen molar-refractivity contribution in [2.24, 2.45) is 0 Å². The summed E-state index contributed by atoms with van der Waals surface area (Å²) in [6.07, 6.45) is 4.01. The number of amides is 1. The van der Waals surface area contributed by atoms with E-state index in [1.807, 2.05) is 60.8 Å². The molecule has 2 aromatic carbocycles. The van der Waals surface area contributed by atoms with Crippen LogP contribution >= 0.6 is 0 Å². The van der Waals surface area contributed by atoms with E-state index >= 15 is 0 Å². The number of hydrogen-bond acceptors (Lipinski definition) is 4. The van der Waals surface area contributed by atoms with E-state index in [-0.39, 0.29) is 5.91 Å². The van der Waals surface area contributed by atoms with Crippen molar-refractivity contribution in [2.45, 2.75) is 13.0 Å². The van der Waals surface area contributed by atoms with Gasteiger partial charge in [0.15, 0.2) is 11.5 Å². The van der Waals surface area contributed by atoms with Crippen LogP contribution in [-0.4, -0.2) is 41.4 Å². The van der Waals surface area contributed by atoms with E-state index in [9.17, 15) is 4.79 Å². The Kier molecular flexibility index (Phi) is 6.10. The number of ether oxygens (including phenoxy) is 2. The van der Waals surface area contributed by atoms with Gasteiger partial charge in [-0.3, -0.25) is 4.79 Å². The topological polar surface area (TPSA) is 56.6 Å². The average Bonchev–Trinajstić information content (AvgIpc) is 3.17. The number of carbonyl (C=O) groups is 1. The number of rotatable bonds is 8. The predicted molar refractivity (Wildman–Crippen MR) is 103 cm³/mol. The first-order chi connectivity index (χ1) is 13.2. The first-order valence-corrected chi connectivity index (χ1v) is 8.76. The van der Waals surface area contributed by atoms with Gasteiger partial charge in [-0.25, -0.2) is 4.68 Å². The maximum Gasteiger partial charge on any atom is 0.226 e. The molecule has 1 amide bonds. The summed E-state index contributed by atoms with van der Waals surface area (Å²) in [4.78, 5) is 14.0. The maximum absolute atomic E-state index is 12.4. The van der Waals surface area contributed by atoms with Crippen molar-refractivity contribution in [1.82, 2.24) is 14.7 Å². The Labute approximate surface area is 158 Å². The van der Waals surface area contributed by atoms with Gasteiger partial charge in [0.25, 0.3) is 0 Å².